The third-order valence-electron chi connectivity index (χ3n) is 5.13. The normalized spacial score (nSPS) is 21.7. The van der Waals surface area contributed by atoms with Gasteiger partial charge in [0.05, 0.1) is 6.54 Å². The van der Waals surface area contributed by atoms with Crippen LogP contribution >= 0.6 is 0 Å². The molecule has 0 radical (unpaired) electrons. The van der Waals surface area contributed by atoms with Gasteiger partial charge in [0.2, 0.25) is 5.91 Å². The van der Waals surface area contributed by atoms with E-state index in [0.29, 0.717) is 24.9 Å². The van der Waals surface area contributed by atoms with Gasteiger partial charge < -0.3 is 11.1 Å². The molecule has 1 heterocycles. The first-order valence-electron chi connectivity index (χ1n) is 9.11. The first-order chi connectivity index (χ1) is 11.3. The van der Waals surface area contributed by atoms with Crippen LogP contribution in [0, 0.1) is 5.41 Å². The van der Waals surface area contributed by atoms with Crippen molar-refractivity contribution < 1.29 is 4.79 Å². The zero-order valence-electron chi connectivity index (χ0n) is 15.9. The number of hydrogen-bond acceptors (Lipinski definition) is 3. The highest BCUT2D eigenvalue weighted by Crippen LogP contribution is 2.33. The van der Waals surface area contributed by atoms with Gasteiger partial charge in [0, 0.05) is 12.2 Å². The number of para-hydroxylation sites is 1. The Labute approximate surface area is 146 Å². The van der Waals surface area contributed by atoms with E-state index in [4.69, 9.17) is 5.73 Å². The zero-order chi connectivity index (χ0) is 17.9. The molecule has 0 saturated carbocycles. The summed E-state index contributed by atoms with van der Waals surface area (Å²) in [5.41, 5.74) is 9.45. The number of carbonyl (C=O) groups excluding carboxylic acids is 1. The smallest absolute Gasteiger partial charge is 0.238 e. The molecule has 1 fully saturated rings. The third-order valence-corrected chi connectivity index (χ3v) is 5.13. The minimum atomic E-state index is 0.0753. The minimum absolute atomic E-state index is 0.0753. The molecule has 0 aromatic heterocycles. The molecule has 0 bridgehead atoms. The Morgan fingerprint density at radius 2 is 1.83 bits per heavy atom. The van der Waals surface area contributed by atoms with Crippen molar-refractivity contribution in [1.29, 1.82) is 0 Å². The Morgan fingerprint density at radius 1 is 1.25 bits per heavy atom. The maximum atomic E-state index is 12.6. The molecule has 1 aliphatic rings. The fraction of sp³-hybridized carbons (Fsp3) is 0.650. The average molecular weight is 332 g/mol. The number of nitrogens with two attached hydrogens (primary N) is 1. The van der Waals surface area contributed by atoms with Crippen molar-refractivity contribution in [3.8, 4) is 0 Å². The molecule has 134 valence electrons. The lowest BCUT2D eigenvalue weighted by atomic mass is 9.90. The molecule has 1 saturated heterocycles. The molecule has 1 aromatic rings. The van der Waals surface area contributed by atoms with E-state index in [0.717, 1.165) is 25.2 Å². The number of likely N-dealkylation sites (tertiary alicyclic amines) is 1. The summed E-state index contributed by atoms with van der Waals surface area (Å²) >= 11 is 0. The summed E-state index contributed by atoms with van der Waals surface area (Å²) < 4.78 is 0. The number of rotatable bonds is 6. The Morgan fingerprint density at radius 3 is 2.29 bits per heavy atom. The molecule has 1 amide bonds. The van der Waals surface area contributed by atoms with Gasteiger partial charge in [-0.1, -0.05) is 52.8 Å². The summed E-state index contributed by atoms with van der Waals surface area (Å²) in [5, 5.41) is 3.20. The first-order valence-corrected chi connectivity index (χ1v) is 9.11. The predicted molar refractivity (Wildman–Crippen MR) is 101 cm³/mol. The fourth-order valence-corrected chi connectivity index (χ4v) is 3.50. The molecule has 0 spiro atoms. The second kappa shape index (κ2) is 7.66. The van der Waals surface area contributed by atoms with Crippen LogP contribution in [-0.2, 0) is 4.79 Å². The van der Waals surface area contributed by atoms with E-state index >= 15 is 0 Å². The molecular weight excluding hydrogens is 298 g/mol. The molecule has 1 aromatic carbocycles. The molecule has 1 unspecified atom stereocenters. The quantitative estimate of drug-likeness (QED) is 0.838. The molecule has 24 heavy (non-hydrogen) atoms. The van der Waals surface area contributed by atoms with E-state index in [1.807, 2.05) is 0 Å². The van der Waals surface area contributed by atoms with Crippen LogP contribution in [0.2, 0.25) is 0 Å². The van der Waals surface area contributed by atoms with Crippen molar-refractivity contribution in [2.24, 2.45) is 11.1 Å². The third kappa shape index (κ3) is 4.37. The summed E-state index contributed by atoms with van der Waals surface area (Å²) in [4.78, 5) is 14.9. The Kier molecular flexibility index (Phi) is 6.05. The van der Waals surface area contributed by atoms with E-state index in [1.54, 1.807) is 0 Å². The highest BCUT2D eigenvalue weighted by molar-refractivity contribution is 5.94. The molecular formula is C20H33N3O. The lowest BCUT2D eigenvalue weighted by Gasteiger charge is -2.23. The Bertz CT molecular complexity index is 556. The first kappa shape index (κ1) is 18.9. The Balaban J connectivity index is 2.11. The largest absolute Gasteiger partial charge is 0.330 e. The van der Waals surface area contributed by atoms with Gasteiger partial charge in [-0.3, -0.25) is 9.69 Å². The van der Waals surface area contributed by atoms with Crippen molar-refractivity contribution in [2.75, 3.05) is 31.5 Å². The summed E-state index contributed by atoms with van der Waals surface area (Å²) in [5.74, 6) is 0.837. The van der Waals surface area contributed by atoms with E-state index in [-0.39, 0.29) is 11.3 Å². The second-order valence-corrected chi connectivity index (χ2v) is 8.14. The average Bonchev–Trinajstić information content (AvgIpc) is 2.88. The van der Waals surface area contributed by atoms with Crippen LogP contribution in [0.25, 0.3) is 0 Å². The van der Waals surface area contributed by atoms with Crippen molar-refractivity contribution in [3.63, 3.8) is 0 Å². The predicted octanol–water partition coefficient (Wildman–Crippen LogP) is 3.54. The van der Waals surface area contributed by atoms with Crippen LogP contribution in [0.15, 0.2) is 18.2 Å². The maximum Gasteiger partial charge on any atom is 0.238 e. The van der Waals surface area contributed by atoms with Crippen LogP contribution in [0.3, 0.4) is 0 Å². The molecule has 3 N–H and O–H groups in total. The number of carbonyl (C=O) groups is 1. The van der Waals surface area contributed by atoms with Crippen molar-refractivity contribution in [1.82, 2.24) is 4.90 Å². The monoisotopic (exact) mass is 331 g/mol. The van der Waals surface area contributed by atoms with Crippen LogP contribution in [0.1, 0.15) is 64.0 Å². The van der Waals surface area contributed by atoms with Gasteiger partial charge in [-0.2, -0.15) is 0 Å². The standard InChI is InChI=1S/C20H33N3O/c1-14(2)16-7-6-8-17(15(3)4)19(16)22-18(24)11-23-10-9-20(5,12-21)13-23/h6-8,14-15H,9-13,21H2,1-5H3,(H,22,24). The highest BCUT2D eigenvalue weighted by atomic mass is 16.2. The van der Waals surface area contributed by atoms with Crippen molar-refractivity contribution in [2.45, 2.75) is 52.9 Å². The number of amides is 1. The van der Waals surface area contributed by atoms with Gasteiger partial charge in [-0.25, -0.2) is 0 Å². The van der Waals surface area contributed by atoms with Crippen LogP contribution in [0.4, 0.5) is 5.69 Å². The van der Waals surface area contributed by atoms with Gasteiger partial charge >= 0.3 is 0 Å². The number of nitrogens with one attached hydrogen (secondary N) is 1. The second-order valence-electron chi connectivity index (χ2n) is 8.14. The van der Waals surface area contributed by atoms with Crippen molar-refractivity contribution >= 4 is 11.6 Å². The summed E-state index contributed by atoms with van der Waals surface area (Å²) in [6, 6.07) is 6.33. The van der Waals surface area contributed by atoms with Crippen LogP contribution in [-0.4, -0.2) is 37.0 Å². The number of hydrogen-bond donors (Lipinski definition) is 2. The number of nitrogens with zero attached hydrogens (tertiary/aromatic N) is 1. The molecule has 1 atom stereocenters. The lowest BCUT2D eigenvalue weighted by Crippen LogP contribution is -2.35. The van der Waals surface area contributed by atoms with E-state index in [9.17, 15) is 4.79 Å². The van der Waals surface area contributed by atoms with Gasteiger partial charge in [0.25, 0.3) is 0 Å². The van der Waals surface area contributed by atoms with Crippen LogP contribution in [0.5, 0.6) is 0 Å². The molecule has 0 aliphatic carbocycles. The number of anilines is 1. The van der Waals surface area contributed by atoms with E-state index < -0.39 is 0 Å². The summed E-state index contributed by atoms with van der Waals surface area (Å²) in [6.45, 7) is 13.9. The Hall–Kier alpha value is -1.39. The summed E-state index contributed by atoms with van der Waals surface area (Å²) in [6.07, 6.45) is 1.07. The molecule has 4 nitrogen and oxygen atoms in total. The van der Waals surface area contributed by atoms with Crippen molar-refractivity contribution in [3.05, 3.63) is 29.3 Å². The molecule has 1 aliphatic heterocycles. The summed E-state index contributed by atoms with van der Waals surface area (Å²) in [7, 11) is 0. The number of benzene rings is 1. The van der Waals surface area contributed by atoms with Crippen LogP contribution < -0.4 is 11.1 Å². The van der Waals surface area contributed by atoms with Gasteiger partial charge in [-0.05, 0) is 47.9 Å². The lowest BCUT2D eigenvalue weighted by molar-refractivity contribution is -0.117. The highest BCUT2D eigenvalue weighted by Gasteiger charge is 2.33. The maximum absolute atomic E-state index is 12.6. The van der Waals surface area contributed by atoms with Gasteiger partial charge in [0.1, 0.15) is 0 Å². The minimum Gasteiger partial charge on any atom is -0.330 e. The van der Waals surface area contributed by atoms with E-state index in [1.165, 1.54) is 11.1 Å². The topological polar surface area (TPSA) is 58.4 Å². The molecule has 2 rings (SSSR count). The fourth-order valence-electron chi connectivity index (χ4n) is 3.50. The SMILES string of the molecule is CC(C)c1cccc(C(C)C)c1NC(=O)CN1CCC(C)(CN)C1. The molecule has 4 heteroatoms. The van der Waals surface area contributed by atoms with Gasteiger partial charge in [0.15, 0.2) is 0 Å². The van der Waals surface area contributed by atoms with Gasteiger partial charge in [-0.15, -0.1) is 0 Å². The zero-order valence-corrected chi connectivity index (χ0v) is 15.9. The van der Waals surface area contributed by atoms with E-state index in [2.05, 4.69) is 63.0 Å².